The minimum atomic E-state index is -4.08. The van der Waals surface area contributed by atoms with Gasteiger partial charge in [-0.15, -0.1) is 0 Å². The monoisotopic (exact) mass is 568 g/mol. The van der Waals surface area contributed by atoms with E-state index in [0.29, 0.717) is 38.7 Å². The topological polar surface area (TPSA) is 111 Å². The van der Waals surface area contributed by atoms with Crippen molar-refractivity contribution in [2.24, 2.45) is 0 Å². The van der Waals surface area contributed by atoms with E-state index in [0.717, 1.165) is 5.96 Å². The standard InChI is InChI=1S/C27H30ClN7O3S/c1-17-11-12-18(29-27(34(2)3)35(4)5)15-24(17)39(36,37)33-26-25(30-21-9-7-8-10-22(21)31-26)32-23-16-19(38-6)13-14-20(23)28/h7-16H,1-6H3,(H2,30,31,32,33)/p+1. The Morgan fingerprint density at radius 2 is 1.64 bits per heavy atom. The zero-order valence-electron chi connectivity index (χ0n) is 22.6. The third-order valence-electron chi connectivity index (χ3n) is 5.81. The molecule has 12 heteroatoms. The normalized spacial score (nSPS) is 11.2. The number of ether oxygens (including phenoxy) is 1. The van der Waals surface area contributed by atoms with Crippen LogP contribution in [-0.4, -0.2) is 69.1 Å². The average molecular weight is 569 g/mol. The van der Waals surface area contributed by atoms with Crippen molar-refractivity contribution in [3.8, 4) is 5.75 Å². The van der Waals surface area contributed by atoms with Crippen LogP contribution in [0, 0.1) is 6.92 Å². The molecule has 0 spiro atoms. The lowest BCUT2D eigenvalue weighted by Crippen LogP contribution is -2.36. The first-order valence-corrected chi connectivity index (χ1v) is 13.8. The summed E-state index contributed by atoms with van der Waals surface area (Å²) in [5.74, 6) is 1.58. The van der Waals surface area contributed by atoms with Crippen LogP contribution >= 0.6 is 11.6 Å². The number of aryl methyl sites for hydroxylation is 1. The molecule has 10 nitrogen and oxygen atoms in total. The fourth-order valence-electron chi connectivity index (χ4n) is 3.92. The summed E-state index contributed by atoms with van der Waals surface area (Å²) in [5.41, 5.74) is 2.78. The lowest BCUT2D eigenvalue weighted by atomic mass is 10.2. The van der Waals surface area contributed by atoms with Gasteiger partial charge in [0, 0.05) is 6.07 Å². The fraction of sp³-hybridized carbons (Fsp3) is 0.222. The molecule has 0 aliphatic heterocycles. The summed E-state index contributed by atoms with van der Waals surface area (Å²) in [7, 11) is 5.07. The third-order valence-corrected chi connectivity index (χ3v) is 7.62. The molecule has 0 fully saturated rings. The number of methoxy groups -OCH3 is 1. The molecule has 4 rings (SSSR count). The Hall–Kier alpha value is -4.09. The van der Waals surface area contributed by atoms with Crippen molar-refractivity contribution in [2.45, 2.75) is 11.8 Å². The van der Waals surface area contributed by atoms with Crippen LogP contribution in [0.15, 0.2) is 65.6 Å². The van der Waals surface area contributed by atoms with Gasteiger partial charge >= 0.3 is 5.96 Å². The van der Waals surface area contributed by atoms with Gasteiger partial charge in [0.2, 0.25) is 0 Å². The summed E-state index contributed by atoms with van der Waals surface area (Å²) in [5, 5.41) is 6.80. The maximum atomic E-state index is 13.7. The number of nitrogens with one attached hydrogen (secondary N) is 3. The maximum absolute atomic E-state index is 13.7. The Morgan fingerprint density at radius 3 is 2.26 bits per heavy atom. The number of aromatic nitrogens is 2. The second kappa shape index (κ2) is 11.3. The lowest BCUT2D eigenvalue weighted by molar-refractivity contribution is -0.469. The first-order valence-electron chi connectivity index (χ1n) is 12.0. The molecule has 1 aromatic heterocycles. The molecular weight excluding hydrogens is 538 g/mol. The Balaban J connectivity index is 1.77. The SMILES string of the molecule is COc1ccc(Cl)c(Nc2nc3ccccc3nc2NS(=O)(=O)c2cc(NC(N(C)C)=[N+](C)C)ccc2C)c1. The van der Waals surface area contributed by atoms with E-state index in [-0.39, 0.29) is 16.5 Å². The number of halogens is 1. The summed E-state index contributed by atoms with van der Waals surface area (Å²) in [6.07, 6.45) is 0. The minimum absolute atomic E-state index is 0.0270. The molecule has 3 N–H and O–H groups in total. The van der Waals surface area contributed by atoms with Gasteiger partial charge in [0.25, 0.3) is 10.0 Å². The third kappa shape index (κ3) is 6.32. The van der Waals surface area contributed by atoms with Crippen molar-refractivity contribution < 1.29 is 17.7 Å². The highest BCUT2D eigenvalue weighted by Crippen LogP contribution is 2.33. The lowest BCUT2D eigenvalue weighted by Gasteiger charge is -2.17. The largest absolute Gasteiger partial charge is 0.497 e. The molecule has 4 aromatic rings. The van der Waals surface area contributed by atoms with Crippen molar-refractivity contribution in [2.75, 3.05) is 50.7 Å². The number of fused-ring (bicyclic) bond motifs is 1. The highest BCUT2D eigenvalue weighted by atomic mass is 35.5. The number of rotatable bonds is 7. The van der Waals surface area contributed by atoms with Crippen LogP contribution in [-0.2, 0) is 10.0 Å². The van der Waals surface area contributed by atoms with Crippen LogP contribution in [0.4, 0.5) is 23.0 Å². The van der Waals surface area contributed by atoms with Crippen molar-refractivity contribution in [1.82, 2.24) is 14.9 Å². The molecule has 0 saturated carbocycles. The van der Waals surface area contributed by atoms with Crippen molar-refractivity contribution in [3.05, 3.63) is 71.2 Å². The van der Waals surface area contributed by atoms with Crippen LogP contribution in [0.25, 0.3) is 11.0 Å². The number of nitrogens with zero attached hydrogens (tertiary/aromatic N) is 4. The first-order chi connectivity index (χ1) is 18.5. The summed E-state index contributed by atoms with van der Waals surface area (Å²) < 4.78 is 37.3. The zero-order chi connectivity index (χ0) is 28.3. The van der Waals surface area contributed by atoms with Gasteiger partial charge in [-0.05, 0) is 48.9 Å². The number of benzene rings is 3. The highest BCUT2D eigenvalue weighted by molar-refractivity contribution is 7.92. The molecule has 0 amide bonds. The average Bonchev–Trinajstić information content (AvgIpc) is 2.89. The van der Waals surface area contributed by atoms with E-state index < -0.39 is 10.0 Å². The van der Waals surface area contributed by atoms with Crippen molar-refractivity contribution >= 4 is 61.6 Å². The molecule has 0 saturated heterocycles. The second-order valence-corrected chi connectivity index (χ2v) is 11.3. The Morgan fingerprint density at radius 1 is 0.974 bits per heavy atom. The zero-order valence-corrected chi connectivity index (χ0v) is 24.1. The number of sulfonamides is 1. The minimum Gasteiger partial charge on any atom is -0.497 e. The number of guanidine groups is 1. The number of anilines is 4. The highest BCUT2D eigenvalue weighted by Gasteiger charge is 2.23. The maximum Gasteiger partial charge on any atom is 0.352 e. The van der Waals surface area contributed by atoms with Crippen LogP contribution in [0.5, 0.6) is 5.75 Å². The molecule has 204 valence electrons. The molecule has 0 bridgehead atoms. The van der Waals surface area contributed by atoms with Crippen molar-refractivity contribution in [1.29, 1.82) is 0 Å². The molecule has 0 unspecified atom stereocenters. The summed E-state index contributed by atoms with van der Waals surface area (Å²) in [6.45, 7) is 1.74. The van der Waals surface area contributed by atoms with Gasteiger partial charge in [-0.3, -0.25) is 14.2 Å². The predicted octanol–water partition coefficient (Wildman–Crippen LogP) is 4.75. The number of hydrogen-bond donors (Lipinski definition) is 3. The number of para-hydroxylation sites is 2. The van der Waals surface area contributed by atoms with Gasteiger partial charge in [0.1, 0.15) is 11.4 Å². The van der Waals surface area contributed by atoms with Crippen molar-refractivity contribution in [3.63, 3.8) is 0 Å². The summed E-state index contributed by atoms with van der Waals surface area (Å²) in [6, 6.07) is 17.5. The quantitative estimate of drug-likeness (QED) is 0.166. The Kier molecular flexibility index (Phi) is 8.12. The number of hydrogen-bond acceptors (Lipinski definition) is 6. The van der Waals surface area contributed by atoms with Gasteiger partial charge < -0.3 is 10.1 Å². The van der Waals surface area contributed by atoms with Gasteiger partial charge in [-0.1, -0.05) is 29.8 Å². The Labute approximate surface area is 233 Å². The van der Waals surface area contributed by atoms with Crippen LogP contribution < -0.4 is 20.1 Å². The van der Waals surface area contributed by atoms with Crippen LogP contribution in [0.1, 0.15) is 5.56 Å². The van der Waals surface area contributed by atoms with Gasteiger partial charge in [0.15, 0.2) is 11.6 Å². The molecule has 0 atom stereocenters. The van der Waals surface area contributed by atoms with E-state index in [2.05, 4.69) is 25.3 Å². The molecule has 0 radical (unpaired) electrons. The molecule has 0 aliphatic carbocycles. The first kappa shape index (κ1) is 27.9. The van der Waals surface area contributed by atoms with Gasteiger partial charge in [0.05, 0.1) is 61.9 Å². The van der Waals surface area contributed by atoms with E-state index in [1.807, 2.05) is 55.9 Å². The Bertz CT molecular complexity index is 1670. The molecule has 3 aromatic carbocycles. The van der Waals surface area contributed by atoms with Crippen LogP contribution in [0.2, 0.25) is 5.02 Å². The summed E-state index contributed by atoms with van der Waals surface area (Å²) in [4.78, 5) is 11.2. The predicted molar refractivity (Wildman–Crippen MR) is 157 cm³/mol. The second-order valence-electron chi connectivity index (χ2n) is 9.20. The molecule has 39 heavy (non-hydrogen) atoms. The van der Waals surface area contributed by atoms with E-state index >= 15 is 0 Å². The van der Waals surface area contributed by atoms with Gasteiger partial charge in [-0.25, -0.2) is 23.7 Å². The van der Waals surface area contributed by atoms with Gasteiger partial charge in [-0.2, -0.15) is 0 Å². The van der Waals surface area contributed by atoms with E-state index in [1.165, 1.54) is 0 Å². The fourth-order valence-corrected chi connectivity index (χ4v) is 5.36. The molecule has 0 aliphatic rings. The summed E-state index contributed by atoms with van der Waals surface area (Å²) >= 11 is 6.41. The van der Waals surface area contributed by atoms with E-state index in [9.17, 15) is 8.42 Å². The molecular formula is C27H31ClN7O3S+. The van der Waals surface area contributed by atoms with E-state index in [1.54, 1.807) is 56.5 Å². The van der Waals surface area contributed by atoms with E-state index in [4.69, 9.17) is 16.3 Å². The smallest absolute Gasteiger partial charge is 0.352 e. The molecule has 1 heterocycles. The van der Waals surface area contributed by atoms with Crippen LogP contribution in [0.3, 0.4) is 0 Å².